The summed E-state index contributed by atoms with van der Waals surface area (Å²) in [6.07, 6.45) is 7.89. The second-order valence-corrected chi connectivity index (χ2v) is 7.84. The van der Waals surface area contributed by atoms with E-state index in [1.807, 2.05) is 53.2 Å². The minimum atomic E-state index is -0.248. The summed E-state index contributed by atoms with van der Waals surface area (Å²) in [5.41, 5.74) is 2.04. The molecule has 0 saturated carbocycles. The van der Waals surface area contributed by atoms with Gasteiger partial charge in [-0.3, -0.25) is 4.79 Å². The number of hydrogen-bond donors (Lipinski definition) is 1. The molecule has 0 bridgehead atoms. The lowest BCUT2D eigenvalue weighted by atomic mass is 10.1. The molecule has 0 unspecified atom stereocenters. The van der Waals surface area contributed by atoms with Crippen molar-refractivity contribution in [3.8, 4) is 0 Å². The number of fused-ring (bicyclic) bond motifs is 2. The summed E-state index contributed by atoms with van der Waals surface area (Å²) in [6, 6.07) is 16.2. The topological polar surface area (TPSA) is 37.3 Å². The van der Waals surface area contributed by atoms with Crippen LogP contribution in [-0.4, -0.2) is 10.9 Å². The summed E-state index contributed by atoms with van der Waals surface area (Å²) < 4.78 is 2.39. The van der Waals surface area contributed by atoms with Crippen LogP contribution in [0.4, 0.5) is 0 Å². The van der Waals surface area contributed by atoms with Gasteiger partial charge in [-0.15, -0.1) is 22.7 Å². The molecular formula is C23H16O2S2. The molecule has 2 heterocycles. The van der Waals surface area contributed by atoms with Crippen LogP contribution in [0.2, 0.25) is 0 Å². The van der Waals surface area contributed by atoms with E-state index in [-0.39, 0.29) is 11.5 Å². The van der Waals surface area contributed by atoms with Crippen LogP contribution >= 0.6 is 22.7 Å². The Balaban J connectivity index is 1.48. The van der Waals surface area contributed by atoms with Gasteiger partial charge in [0.2, 0.25) is 0 Å². The lowest BCUT2D eigenvalue weighted by Crippen LogP contribution is -1.88. The van der Waals surface area contributed by atoms with E-state index in [1.165, 1.54) is 21.6 Å². The molecule has 0 amide bonds. The highest BCUT2D eigenvalue weighted by Crippen LogP contribution is 2.27. The molecule has 4 rings (SSSR count). The normalized spacial score (nSPS) is 12.7. The molecule has 0 spiro atoms. The van der Waals surface area contributed by atoms with Gasteiger partial charge in [0.25, 0.3) is 0 Å². The summed E-state index contributed by atoms with van der Waals surface area (Å²) in [7, 11) is 0. The minimum absolute atomic E-state index is 0.0601. The maximum Gasteiger partial charge on any atom is 0.182 e. The molecule has 1 N–H and O–H groups in total. The second-order valence-electron chi connectivity index (χ2n) is 6.01. The van der Waals surface area contributed by atoms with Gasteiger partial charge >= 0.3 is 0 Å². The molecule has 0 aliphatic heterocycles. The van der Waals surface area contributed by atoms with Crippen molar-refractivity contribution in [2.45, 2.75) is 0 Å². The quantitative estimate of drug-likeness (QED) is 0.230. The van der Waals surface area contributed by atoms with E-state index >= 15 is 0 Å². The Labute approximate surface area is 165 Å². The molecule has 0 aliphatic rings. The SMILES string of the molecule is O=C(/C=C/c1csc2ccccc12)/C=C(O)\C=C\c1csc2ccccc12. The number of carbonyl (C=O) groups is 1. The van der Waals surface area contributed by atoms with Crippen molar-refractivity contribution in [2.24, 2.45) is 0 Å². The Morgan fingerprint density at radius 2 is 1.30 bits per heavy atom. The average molecular weight is 389 g/mol. The molecule has 2 aromatic heterocycles. The van der Waals surface area contributed by atoms with Gasteiger partial charge in [0.15, 0.2) is 5.78 Å². The summed E-state index contributed by atoms with van der Waals surface area (Å²) in [5.74, 6) is -0.308. The van der Waals surface area contributed by atoms with Crippen molar-refractivity contribution in [1.29, 1.82) is 0 Å². The van der Waals surface area contributed by atoms with Crippen LogP contribution in [0.3, 0.4) is 0 Å². The van der Waals surface area contributed by atoms with Crippen LogP contribution in [0.25, 0.3) is 32.3 Å². The molecular weight excluding hydrogens is 372 g/mol. The zero-order chi connectivity index (χ0) is 18.6. The highest BCUT2D eigenvalue weighted by Gasteiger charge is 2.02. The first kappa shape index (κ1) is 17.5. The molecule has 27 heavy (non-hydrogen) atoms. The number of ketones is 1. The highest BCUT2D eigenvalue weighted by molar-refractivity contribution is 7.17. The van der Waals surface area contributed by atoms with E-state index in [4.69, 9.17) is 0 Å². The van der Waals surface area contributed by atoms with Gasteiger partial charge in [0.1, 0.15) is 5.76 Å². The van der Waals surface area contributed by atoms with Crippen LogP contribution in [0.15, 0.2) is 83.3 Å². The number of benzene rings is 2. The minimum Gasteiger partial charge on any atom is -0.508 e. The van der Waals surface area contributed by atoms with Gasteiger partial charge < -0.3 is 5.11 Å². The van der Waals surface area contributed by atoms with E-state index in [1.54, 1.807) is 34.8 Å². The van der Waals surface area contributed by atoms with Crippen molar-refractivity contribution < 1.29 is 9.90 Å². The molecule has 0 aliphatic carbocycles. The average Bonchev–Trinajstić information content (AvgIpc) is 3.29. The van der Waals surface area contributed by atoms with Gasteiger partial charge in [-0.05, 0) is 69.1 Å². The molecule has 132 valence electrons. The van der Waals surface area contributed by atoms with E-state index in [2.05, 4.69) is 12.1 Å². The van der Waals surface area contributed by atoms with E-state index < -0.39 is 0 Å². The van der Waals surface area contributed by atoms with Crippen molar-refractivity contribution >= 4 is 60.8 Å². The predicted octanol–water partition coefficient (Wildman–Crippen LogP) is 6.85. The molecule has 0 fully saturated rings. The van der Waals surface area contributed by atoms with Gasteiger partial charge in [0.05, 0.1) is 0 Å². The number of aliphatic hydroxyl groups excluding tert-OH is 1. The lowest BCUT2D eigenvalue weighted by molar-refractivity contribution is -0.110. The smallest absolute Gasteiger partial charge is 0.182 e. The van der Waals surface area contributed by atoms with Crippen LogP contribution in [-0.2, 0) is 4.79 Å². The van der Waals surface area contributed by atoms with Crippen molar-refractivity contribution in [3.63, 3.8) is 0 Å². The summed E-state index contributed by atoms with van der Waals surface area (Å²) in [4.78, 5) is 12.1. The van der Waals surface area contributed by atoms with Gasteiger partial charge in [0, 0.05) is 15.5 Å². The Kier molecular flexibility index (Phi) is 5.01. The van der Waals surface area contributed by atoms with E-state index in [0.717, 1.165) is 21.9 Å². The third-order valence-corrected chi connectivity index (χ3v) is 6.14. The number of hydrogen-bond acceptors (Lipinski definition) is 4. The molecule has 0 atom stereocenters. The molecule has 0 radical (unpaired) electrons. The van der Waals surface area contributed by atoms with Crippen molar-refractivity contribution in [2.75, 3.05) is 0 Å². The number of aliphatic hydroxyl groups is 1. The molecule has 2 aromatic carbocycles. The largest absolute Gasteiger partial charge is 0.508 e. The fourth-order valence-electron chi connectivity index (χ4n) is 2.84. The molecule has 4 heteroatoms. The Morgan fingerprint density at radius 1 is 0.778 bits per heavy atom. The third kappa shape index (κ3) is 3.92. The lowest BCUT2D eigenvalue weighted by Gasteiger charge is -1.93. The van der Waals surface area contributed by atoms with Crippen LogP contribution in [0.5, 0.6) is 0 Å². The number of rotatable bonds is 5. The predicted molar refractivity (Wildman–Crippen MR) is 117 cm³/mol. The molecule has 2 nitrogen and oxygen atoms in total. The maximum atomic E-state index is 12.1. The van der Waals surface area contributed by atoms with Crippen molar-refractivity contribution in [3.05, 3.63) is 94.4 Å². The van der Waals surface area contributed by atoms with Gasteiger partial charge in [-0.2, -0.15) is 0 Å². The third-order valence-electron chi connectivity index (χ3n) is 4.17. The summed E-state index contributed by atoms with van der Waals surface area (Å²) >= 11 is 3.31. The maximum absolute atomic E-state index is 12.1. The first-order chi connectivity index (χ1) is 13.2. The Hall–Kier alpha value is -2.95. The monoisotopic (exact) mass is 388 g/mol. The zero-order valence-electron chi connectivity index (χ0n) is 14.3. The van der Waals surface area contributed by atoms with Crippen LogP contribution in [0.1, 0.15) is 11.1 Å². The van der Waals surface area contributed by atoms with Crippen LogP contribution in [0, 0.1) is 0 Å². The highest BCUT2D eigenvalue weighted by atomic mass is 32.1. The van der Waals surface area contributed by atoms with Crippen molar-refractivity contribution in [1.82, 2.24) is 0 Å². The first-order valence-corrected chi connectivity index (χ1v) is 10.2. The van der Waals surface area contributed by atoms with Gasteiger partial charge in [-0.1, -0.05) is 36.4 Å². The van der Waals surface area contributed by atoms with E-state index in [0.29, 0.717) is 0 Å². The standard InChI is InChI=1S/C23H16O2S2/c24-18(11-9-16-14-26-22-7-3-1-5-20(16)22)13-19(25)12-10-17-15-27-23-8-4-2-6-21(17)23/h1-15,24H/b11-9+,12-10+,18-13+. The zero-order valence-corrected chi connectivity index (χ0v) is 16.0. The Bertz CT molecular complexity index is 1210. The summed E-state index contributed by atoms with van der Waals surface area (Å²) in [6.45, 7) is 0. The van der Waals surface area contributed by atoms with E-state index in [9.17, 15) is 9.90 Å². The molecule has 0 saturated heterocycles. The fraction of sp³-hybridized carbons (Fsp3) is 0. The fourth-order valence-corrected chi connectivity index (χ4v) is 4.70. The number of carbonyl (C=O) groups excluding carboxylic acids is 1. The van der Waals surface area contributed by atoms with Crippen LogP contribution < -0.4 is 0 Å². The Morgan fingerprint density at radius 3 is 1.89 bits per heavy atom. The van der Waals surface area contributed by atoms with Gasteiger partial charge in [-0.25, -0.2) is 0 Å². The number of allylic oxidation sites excluding steroid dienone is 3. The number of thiophene rings is 2. The summed E-state index contributed by atoms with van der Waals surface area (Å²) in [5, 5.41) is 16.4. The second kappa shape index (κ2) is 7.74. The first-order valence-electron chi connectivity index (χ1n) is 8.44. The molecule has 4 aromatic rings.